The van der Waals surface area contributed by atoms with Crippen LogP contribution in [0.5, 0.6) is 0 Å². The van der Waals surface area contributed by atoms with Gasteiger partial charge in [0.15, 0.2) is 0 Å². The third kappa shape index (κ3) is 3.01. The monoisotopic (exact) mass is 411 g/mol. The Kier molecular flexibility index (Phi) is 4.84. The van der Waals surface area contributed by atoms with Crippen molar-refractivity contribution in [1.82, 2.24) is 9.97 Å². The molecule has 1 saturated heterocycles. The van der Waals surface area contributed by atoms with Gasteiger partial charge < -0.3 is 9.88 Å². The number of halogens is 2. The van der Waals surface area contributed by atoms with Gasteiger partial charge >= 0.3 is 0 Å². The predicted octanol–water partition coefficient (Wildman–Crippen LogP) is 2.52. The van der Waals surface area contributed by atoms with Crippen LogP contribution in [0.4, 0.5) is 5.82 Å². The Bertz CT molecular complexity index is 437. The fourth-order valence-electron chi connectivity index (χ4n) is 2.19. The molecule has 1 fully saturated rings. The molecule has 0 spiro atoms. The number of nitrogens with zero attached hydrogens (tertiary/aromatic N) is 2. The normalized spacial score (nSPS) is 21.3. The first-order chi connectivity index (χ1) is 8.24. The molecule has 17 heavy (non-hydrogen) atoms. The SMILES string of the molecule is O=c1[nH]cnc(N2CCCCCC2CBr)c1I. The molecule has 2 rings (SSSR count). The topological polar surface area (TPSA) is 49.0 Å². The van der Waals surface area contributed by atoms with Crippen LogP contribution in [0.1, 0.15) is 25.7 Å². The lowest BCUT2D eigenvalue weighted by molar-refractivity contribution is 0.619. The summed E-state index contributed by atoms with van der Waals surface area (Å²) in [5.41, 5.74) is -0.0480. The molecule has 0 amide bonds. The lowest BCUT2D eigenvalue weighted by atomic mass is 10.1. The quantitative estimate of drug-likeness (QED) is 0.600. The molecule has 1 aromatic rings. The molecule has 0 bridgehead atoms. The largest absolute Gasteiger partial charge is 0.352 e. The van der Waals surface area contributed by atoms with Crippen LogP contribution < -0.4 is 10.5 Å². The summed E-state index contributed by atoms with van der Waals surface area (Å²) in [4.78, 5) is 20.9. The second kappa shape index (κ2) is 6.17. The van der Waals surface area contributed by atoms with Gasteiger partial charge in [0.05, 0.1) is 6.33 Å². The van der Waals surface area contributed by atoms with Crippen LogP contribution in [-0.2, 0) is 0 Å². The highest BCUT2D eigenvalue weighted by atomic mass is 127. The molecule has 1 N–H and O–H groups in total. The van der Waals surface area contributed by atoms with E-state index in [0.717, 1.165) is 24.1 Å². The first kappa shape index (κ1) is 13.3. The van der Waals surface area contributed by atoms with Crippen LogP contribution in [0.2, 0.25) is 0 Å². The van der Waals surface area contributed by atoms with Crippen LogP contribution in [0.15, 0.2) is 11.1 Å². The Hall–Kier alpha value is -0.110. The second-order valence-corrected chi connectivity index (χ2v) is 5.95. The third-order valence-corrected chi connectivity index (χ3v) is 4.83. The highest BCUT2D eigenvalue weighted by Crippen LogP contribution is 2.25. The summed E-state index contributed by atoms with van der Waals surface area (Å²) >= 11 is 5.65. The van der Waals surface area contributed by atoms with Crippen molar-refractivity contribution in [1.29, 1.82) is 0 Å². The second-order valence-electron chi connectivity index (χ2n) is 4.22. The van der Waals surface area contributed by atoms with Crippen molar-refractivity contribution in [3.63, 3.8) is 0 Å². The number of alkyl halides is 1. The molecule has 0 radical (unpaired) electrons. The van der Waals surface area contributed by atoms with E-state index >= 15 is 0 Å². The van der Waals surface area contributed by atoms with E-state index in [1.165, 1.54) is 25.6 Å². The minimum atomic E-state index is -0.0480. The van der Waals surface area contributed by atoms with Crippen molar-refractivity contribution in [2.24, 2.45) is 0 Å². The standard InChI is InChI=1S/C11H15BrIN3O/c12-6-8-4-2-1-3-5-16(8)10-9(13)11(17)15-7-14-10/h7-8H,1-6H2,(H,14,15,17). The summed E-state index contributed by atoms with van der Waals surface area (Å²) in [6.07, 6.45) is 6.35. The molecular formula is C11H15BrIN3O. The summed E-state index contributed by atoms with van der Waals surface area (Å²) < 4.78 is 0.693. The highest BCUT2D eigenvalue weighted by molar-refractivity contribution is 14.1. The van der Waals surface area contributed by atoms with Crippen LogP contribution in [-0.4, -0.2) is 27.9 Å². The van der Waals surface area contributed by atoms with Crippen molar-refractivity contribution in [3.05, 3.63) is 20.3 Å². The van der Waals surface area contributed by atoms with Gasteiger partial charge in [0.25, 0.3) is 5.56 Å². The summed E-state index contributed by atoms with van der Waals surface area (Å²) in [6.45, 7) is 0.989. The minimum absolute atomic E-state index is 0.0480. The summed E-state index contributed by atoms with van der Waals surface area (Å²) in [5.74, 6) is 0.834. The average Bonchev–Trinajstić information content (AvgIpc) is 2.57. The first-order valence-electron chi connectivity index (χ1n) is 5.80. The van der Waals surface area contributed by atoms with E-state index in [0.29, 0.717) is 9.61 Å². The van der Waals surface area contributed by atoms with E-state index in [4.69, 9.17) is 0 Å². The first-order valence-corrected chi connectivity index (χ1v) is 8.00. The van der Waals surface area contributed by atoms with Crippen molar-refractivity contribution in [3.8, 4) is 0 Å². The van der Waals surface area contributed by atoms with Gasteiger partial charge in [-0.1, -0.05) is 28.8 Å². The molecule has 94 valence electrons. The van der Waals surface area contributed by atoms with Crippen LogP contribution >= 0.6 is 38.5 Å². The Morgan fingerprint density at radius 1 is 1.53 bits per heavy atom. The number of aromatic amines is 1. The molecule has 1 unspecified atom stereocenters. The van der Waals surface area contributed by atoms with E-state index in [1.807, 2.05) is 0 Å². The number of nitrogens with one attached hydrogen (secondary N) is 1. The molecule has 6 heteroatoms. The maximum absolute atomic E-state index is 11.6. The van der Waals surface area contributed by atoms with Gasteiger partial charge in [0.2, 0.25) is 0 Å². The molecule has 0 aromatic carbocycles. The Balaban J connectivity index is 2.35. The Labute approximate surface area is 122 Å². The van der Waals surface area contributed by atoms with Gasteiger partial charge in [-0.25, -0.2) is 4.98 Å². The van der Waals surface area contributed by atoms with Crippen molar-refractivity contribution >= 4 is 44.3 Å². The molecule has 4 nitrogen and oxygen atoms in total. The Morgan fingerprint density at radius 3 is 3.12 bits per heavy atom. The smallest absolute Gasteiger partial charge is 0.266 e. The summed E-state index contributed by atoms with van der Waals surface area (Å²) in [5, 5.41) is 0.928. The molecular weight excluding hydrogens is 397 g/mol. The number of anilines is 1. The van der Waals surface area contributed by atoms with Gasteiger partial charge in [-0.2, -0.15) is 0 Å². The van der Waals surface area contributed by atoms with Gasteiger partial charge in [-0.15, -0.1) is 0 Å². The average molecular weight is 412 g/mol. The van der Waals surface area contributed by atoms with Crippen molar-refractivity contribution < 1.29 is 0 Å². The van der Waals surface area contributed by atoms with Crippen molar-refractivity contribution in [2.75, 3.05) is 16.8 Å². The molecule has 1 aromatic heterocycles. The van der Waals surface area contributed by atoms with E-state index < -0.39 is 0 Å². The number of H-pyrrole nitrogens is 1. The molecule has 0 aliphatic carbocycles. The number of hydrogen-bond acceptors (Lipinski definition) is 3. The number of hydrogen-bond donors (Lipinski definition) is 1. The maximum Gasteiger partial charge on any atom is 0.266 e. The molecule has 1 aliphatic rings. The molecule has 1 aliphatic heterocycles. The third-order valence-electron chi connectivity index (χ3n) is 3.11. The van der Waals surface area contributed by atoms with E-state index in [1.54, 1.807) is 0 Å². The maximum atomic E-state index is 11.6. The van der Waals surface area contributed by atoms with Crippen LogP contribution in [0.25, 0.3) is 0 Å². The van der Waals surface area contributed by atoms with Crippen LogP contribution in [0, 0.1) is 3.57 Å². The zero-order chi connectivity index (χ0) is 12.3. The van der Waals surface area contributed by atoms with Gasteiger partial charge in [0, 0.05) is 17.9 Å². The lowest BCUT2D eigenvalue weighted by Gasteiger charge is -2.30. The fraction of sp³-hybridized carbons (Fsp3) is 0.636. The summed E-state index contributed by atoms with van der Waals surface area (Å²) in [6, 6.07) is 0.445. The van der Waals surface area contributed by atoms with Gasteiger partial charge in [-0.05, 0) is 35.4 Å². The van der Waals surface area contributed by atoms with Gasteiger partial charge in [-0.3, -0.25) is 4.79 Å². The predicted molar refractivity (Wildman–Crippen MR) is 81.0 cm³/mol. The van der Waals surface area contributed by atoms with Crippen molar-refractivity contribution in [2.45, 2.75) is 31.7 Å². The van der Waals surface area contributed by atoms with Gasteiger partial charge in [0.1, 0.15) is 9.39 Å². The van der Waals surface area contributed by atoms with E-state index in [2.05, 4.69) is 53.4 Å². The summed E-state index contributed by atoms with van der Waals surface area (Å²) in [7, 11) is 0. The molecule has 1 atom stereocenters. The van der Waals surface area contributed by atoms with Crippen LogP contribution in [0.3, 0.4) is 0 Å². The molecule has 0 saturated carbocycles. The minimum Gasteiger partial charge on any atom is -0.352 e. The zero-order valence-corrected chi connectivity index (χ0v) is 13.2. The lowest BCUT2D eigenvalue weighted by Crippen LogP contribution is -2.38. The zero-order valence-electron chi connectivity index (χ0n) is 9.46. The highest BCUT2D eigenvalue weighted by Gasteiger charge is 2.23. The number of rotatable bonds is 2. The number of aromatic nitrogens is 2. The van der Waals surface area contributed by atoms with E-state index in [-0.39, 0.29) is 5.56 Å². The fourth-order valence-corrected chi connectivity index (χ4v) is 3.47. The Morgan fingerprint density at radius 2 is 2.35 bits per heavy atom. The van der Waals surface area contributed by atoms with E-state index in [9.17, 15) is 4.79 Å². The molecule has 2 heterocycles.